The molecule has 0 saturated heterocycles. The summed E-state index contributed by atoms with van der Waals surface area (Å²) in [6.07, 6.45) is 1.37. The first-order valence-electron chi connectivity index (χ1n) is 5.59. The lowest BCUT2D eigenvalue weighted by Crippen LogP contribution is -2.30. The molecule has 6 heteroatoms. The van der Waals surface area contributed by atoms with Gasteiger partial charge in [0.1, 0.15) is 0 Å². The monoisotopic (exact) mass is 260 g/mol. The highest BCUT2D eigenvalue weighted by atomic mass is 32.1. The summed E-state index contributed by atoms with van der Waals surface area (Å²) in [6, 6.07) is 0. The highest BCUT2D eigenvalue weighted by Crippen LogP contribution is 2.10. The van der Waals surface area contributed by atoms with Gasteiger partial charge < -0.3 is 19.9 Å². The minimum Gasteiger partial charge on any atom is -0.389 e. The summed E-state index contributed by atoms with van der Waals surface area (Å²) >= 11 is 1.66. The van der Waals surface area contributed by atoms with Crippen LogP contribution in [-0.2, 0) is 16.0 Å². The van der Waals surface area contributed by atoms with Crippen molar-refractivity contribution in [2.75, 3.05) is 33.5 Å². The van der Waals surface area contributed by atoms with Gasteiger partial charge in [-0.05, 0) is 6.92 Å². The molecule has 2 N–H and O–H groups in total. The van der Waals surface area contributed by atoms with Crippen molar-refractivity contribution in [3.05, 3.63) is 16.1 Å². The second-order valence-electron chi connectivity index (χ2n) is 3.70. The average Bonchev–Trinajstić information content (AvgIpc) is 2.71. The Hall–Kier alpha value is -0.530. The number of hydrogen-bond donors (Lipinski definition) is 2. The predicted molar refractivity (Wildman–Crippen MR) is 67.3 cm³/mol. The highest BCUT2D eigenvalue weighted by molar-refractivity contribution is 7.11. The van der Waals surface area contributed by atoms with Crippen LogP contribution in [0, 0.1) is 6.92 Å². The Morgan fingerprint density at radius 2 is 2.35 bits per heavy atom. The zero-order valence-electron chi connectivity index (χ0n) is 10.3. The molecule has 0 aliphatic heterocycles. The van der Waals surface area contributed by atoms with E-state index in [2.05, 4.69) is 10.3 Å². The third-order valence-electron chi connectivity index (χ3n) is 2.09. The van der Waals surface area contributed by atoms with Crippen LogP contribution in [0.2, 0.25) is 0 Å². The number of nitrogens with zero attached hydrogens (tertiary/aromatic N) is 1. The fraction of sp³-hybridized carbons (Fsp3) is 0.727. The third-order valence-corrected chi connectivity index (χ3v) is 3.00. The Bertz CT molecular complexity index is 307. The first-order valence-corrected chi connectivity index (χ1v) is 6.40. The summed E-state index contributed by atoms with van der Waals surface area (Å²) in [5.41, 5.74) is 0. The molecule has 1 aromatic rings. The molecule has 17 heavy (non-hydrogen) atoms. The second-order valence-corrected chi connectivity index (χ2v) is 5.02. The number of nitrogens with one attached hydrogen (secondary N) is 1. The van der Waals surface area contributed by atoms with Crippen molar-refractivity contribution >= 4 is 11.3 Å². The molecule has 0 aliphatic rings. The van der Waals surface area contributed by atoms with Crippen LogP contribution in [0.25, 0.3) is 0 Å². The van der Waals surface area contributed by atoms with Crippen LogP contribution in [-0.4, -0.2) is 49.7 Å². The zero-order valence-corrected chi connectivity index (χ0v) is 11.1. The van der Waals surface area contributed by atoms with Crippen molar-refractivity contribution in [3.8, 4) is 0 Å². The maximum atomic E-state index is 9.59. The SMILES string of the molecule is COCCOCC(O)CNCc1cnc(C)s1. The van der Waals surface area contributed by atoms with Crippen LogP contribution >= 0.6 is 11.3 Å². The quantitative estimate of drug-likeness (QED) is 0.635. The lowest BCUT2D eigenvalue weighted by atomic mass is 10.3. The molecule has 5 nitrogen and oxygen atoms in total. The van der Waals surface area contributed by atoms with Gasteiger partial charge in [-0.2, -0.15) is 0 Å². The van der Waals surface area contributed by atoms with E-state index in [1.165, 1.54) is 4.88 Å². The minimum atomic E-state index is -0.485. The van der Waals surface area contributed by atoms with Crippen molar-refractivity contribution in [1.82, 2.24) is 10.3 Å². The number of aryl methyl sites for hydroxylation is 1. The van der Waals surface area contributed by atoms with Crippen molar-refractivity contribution in [3.63, 3.8) is 0 Å². The predicted octanol–water partition coefficient (Wildman–Crippen LogP) is 0.565. The average molecular weight is 260 g/mol. The van der Waals surface area contributed by atoms with E-state index >= 15 is 0 Å². The van der Waals surface area contributed by atoms with Crippen molar-refractivity contribution < 1.29 is 14.6 Å². The van der Waals surface area contributed by atoms with Gasteiger partial charge in [0.15, 0.2) is 0 Å². The molecule has 0 aromatic carbocycles. The maximum Gasteiger partial charge on any atom is 0.0897 e. The molecule has 0 saturated carbocycles. The highest BCUT2D eigenvalue weighted by Gasteiger charge is 2.04. The van der Waals surface area contributed by atoms with E-state index in [1.54, 1.807) is 18.4 Å². The Labute approximate surface area is 106 Å². The Balaban J connectivity index is 2.02. The van der Waals surface area contributed by atoms with Gasteiger partial charge in [-0.1, -0.05) is 0 Å². The summed E-state index contributed by atoms with van der Waals surface area (Å²) in [7, 11) is 1.62. The largest absolute Gasteiger partial charge is 0.389 e. The van der Waals surface area contributed by atoms with Crippen molar-refractivity contribution in [2.45, 2.75) is 19.6 Å². The topological polar surface area (TPSA) is 63.6 Å². The maximum absolute atomic E-state index is 9.59. The van der Waals surface area contributed by atoms with E-state index < -0.39 is 6.10 Å². The van der Waals surface area contributed by atoms with Gasteiger partial charge in [0.2, 0.25) is 0 Å². The molecule has 0 spiro atoms. The zero-order chi connectivity index (χ0) is 12.5. The molecule has 1 heterocycles. The fourth-order valence-corrected chi connectivity index (χ4v) is 2.03. The number of hydrogen-bond acceptors (Lipinski definition) is 6. The number of ether oxygens (including phenoxy) is 2. The Morgan fingerprint density at radius 3 is 3.00 bits per heavy atom. The summed E-state index contributed by atoms with van der Waals surface area (Å²) in [6.45, 7) is 4.64. The van der Waals surface area contributed by atoms with E-state index in [1.807, 2.05) is 13.1 Å². The molecule has 98 valence electrons. The molecular weight excluding hydrogens is 240 g/mol. The van der Waals surface area contributed by atoms with Gasteiger partial charge in [-0.15, -0.1) is 11.3 Å². The van der Waals surface area contributed by atoms with Gasteiger partial charge >= 0.3 is 0 Å². The standard InChI is InChI=1S/C11H20N2O3S/c1-9-13-7-11(17-9)6-12-5-10(14)8-16-4-3-15-2/h7,10,12,14H,3-6,8H2,1-2H3. The molecule has 0 amide bonds. The third kappa shape index (κ3) is 6.70. The Morgan fingerprint density at radius 1 is 1.53 bits per heavy atom. The summed E-state index contributed by atoms with van der Waals surface area (Å²) in [4.78, 5) is 5.34. The number of methoxy groups -OCH3 is 1. The first kappa shape index (κ1) is 14.5. The molecule has 0 bridgehead atoms. The van der Waals surface area contributed by atoms with Crippen molar-refractivity contribution in [1.29, 1.82) is 0 Å². The molecule has 1 rings (SSSR count). The number of aliphatic hydroxyl groups is 1. The van der Waals surface area contributed by atoms with E-state index in [-0.39, 0.29) is 0 Å². The molecule has 0 aliphatic carbocycles. The van der Waals surface area contributed by atoms with E-state index in [4.69, 9.17) is 9.47 Å². The van der Waals surface area contributed by atoms with Crippen LogP contribution in [0.3, 0.4) is 0 Å². The number of aliphatic hydroxyl groups excluding tert-OH is 1. The first-order chi connectivity index (χ1) is 8.22. The fourth-order valence-electron chi connectivity index (χ4n) is 1.27. The van der Waals surface area contributed by atoms with Crippen molar-refractivity contribution in [2.24, 2.45) is 0 Å². The van der Waals surface area contributed by atoms with Crippen LogP contribution in [0.1, 0.15) is 9.88 Å². The van der Waals surface area contributed by atoms with E-state index in [0.717, 1.165) is 11.6 Å². The smallest absolute Gasteiger partial charge is 0.0897 e. The summed E-state index contributed by atoms with van der Waals surface area (Å²) < 4.78 is 10.1. The van der Waals surface area contributed by atoms with Gasteiger partial charge in [-0.3, -0.25) is 0 Å². The van der Waals surface area contributed by atoms with Crippen LogP contribution < -0.4 is 5.32 Å². The molecular formula is C11H20N2O3S. The number of thiazole rings is 1. The molecule has 0 radical (unpaired) electrons. The van der Waals surface area contributed by atoms with Crippen LogP contribution in [0.4, 0.5) is 0 Å². The summed E-state index contributed by atoms with van der Waals surface area (Å²) in [5.74, 6) is 0. The van der Waals surface area contributed by atoms with E-state index in [0.29, 0.717) is 26.4 Å². The minimum absolute atomic E-state index is 0.331. The number of aromatic nitrogens is 1. The lowest BCUT2D eigenvalue weighted by molar-refractivity contribution is 0.0137. The summed E-state index contributed by atoms with van der Waals surface area (Å²) in [5, 5.41) is 13.8. The van der Waals surface area contributed by atoms with Crippen LogP contribution in [0.5, 0.6) is 0 Å². The number of rotatable bonds is 9. The molecule has 0 fully saturated rings. The van der Waals surface area contributed by atoms with Gasteiger partial charge in [0.25, 0.3) is 0 Å². The lowest BCUT2D eigenvalue weighted by Gasteiger charge is -2.11. The molecule has 1 unspecified atom stereocenters. The van der Waals surface area contributed by atoms with Crippen LogP contribution in [0.15, 0.2) is 6.20 Å². The van der Waals surface area contributed by atoms with Gasteiger partial charge in [0.05, 0.1) is 30.9 Å². The normalized spacial score (nSPS) is 12.9. The Kier molecular flexibility index (Phi) is 7.30. The van der Waals surface area contributed by atoms with Gasteiger partial charge in [-0.25, -0.2) is 4.98 Å². The van der Waals surface area contributed by atoms with E-state index in [9.17, 15) is 5.11 Å². The molecule has 1 aromatic heterocycles. The molecule has 1 atom stereocenters. The van der Waals surface area contributed by atoms with Gasteiger partial charge in [0, 0.05) is 31.3 Å². The second kappa shape index (κ2) is 8.54.